The van der Waals surface area contributed by atoms with Crippen LogP contribution >= 0.6 is 0 Å². The Morgan fingerprint density at radius 2 is 1.97 bits per heavy atom. The van der Waals surface area contributed by atoms with E-state index in [9.17, 15) is 14.4 Å². The Morgan fingerprint density at radius 3 is 2.57 bits per heavy atom. The summed E-state index contributed by atoms with van der Waals surface area (Å²) in [4.78, 5) is 39.7. The molecule has 6 nitrogen and oxygen atoms in total. The summed E-state index contributed by atoms with van der Waals surface area (Å²) in [6, 6.07) is 1.77. The summed E-state index contributed by atoms with van der Waals surface area (Å²) in [7, 11) is -0.844. The van der Waals surface area contributed by atoms with Crippen molar-refractivity contribution in [1.82, 2.24) is 0 Å². The first kappa shape index (κ1) is 19.9. The first-order chi connectivity index (χ1) is 14.0. The van der Waals surface area contributed by atoms with E-state index in [0.717, 1.165) is 23.1 Å². The molecule has 0 aromatic heterocycles. The quantitative estimate of drug-likeness (QED) is 0.541. The lowest BCUT2D eigenvalue weighted by Gasteiger charge is -2.65. The fourth-order valence-electron chi connectivity index (χ4n) is 6.81. The van der Waals surface area contributed by atoms with Crippen molar-refractivity contribution in [3.8, 4) is 0 Å². The van der Waals surface area contributed by atoms with Gasteiger partial charge in [-0.05, 0) is 68.1 Å². The molecule has 1 aromatic carbocycles. The van der Waals surface area contributed by atoms with E-state index in [1.807, 2.05) is 13.8 Å². The fourth-order valence-corrected chi connectivity index (χ4v) is 8.22. The molecule has 2 bridgehead atoms. The third-order valence-electron chi connectivity index (χ3n) is 7.73. The molecule has 5 aliphatic rings. The number of carbonyl (C=O) groups excluding carboxylic acids is 3. The highest BCUT2D eigenvalue weighted by molar-refractivity contribution is 6.69. The minimum Gasteiger partial charge on any atom is -0.465 e. The van der Waals surface area contributed by atoms with Crippen LogP contribution in [0.1, 0.15) is 57.2 Å². The molecule has 0 N–H and O–H groups in total. The minimum absolute atomic E-state index is 0.0141. The Bertz CT molecular complexity index is 1020. The number of ketones is 1. The maximum Gasteiger partial charge on any atom is 0.338 e. The van der Waals surface area contributed by atoms with Gasteiger partial charge in [0.1, 0.15) is 17.1 Å². The van der Waals surface area contributed by atoms with Crippen molar-refractivity contribution in [2.45, 2.75) is 64.5 Å². The highest BCUT2D eigenvalue weighted by Crippen LogP contribution is 2.71. The molecule has 7 heteroatoms. The van der Waals surface area contributed by atoms with Gasteiger partial charge < -0.3 is 13.9 Å². The van der Waals surface area contributed by atoms with Gasteiger partial charge in [0.05, 0.1) is 12.7 Å². The molecule has 5 atom stereocenters. The van der Waals surface area contributed by atoms with Crippen LogP contribution < -0.4 is 0 Å². The summed E-state index contributed by atoms with van der Waals surface area (Å²) in [6.45, 7) is 10.3. The first-order valence-electron chi connectivity index (χ1n) is 10.7. The van der Waals surface area contributed by atoms with E-state index in [4.69, 9.17) is 13.9 Å². The standard InChI is InChI=1S/C23H28O6Si/c1-11-7-14(20(25)27-3)18-16(24)10-22-12(2)8-17(28-21(22)26)15-9-13(11)19(18)23(15,22)29-30(4,5)6/h7,12,15,17H,8-10H2,1-6H3. The largest absolute Gasteiger partial charge is 0.465 e. The van der Waals surface area contributed by atoms with Crippen molar-refractivity contribution in [2.75, 3.05) is 7.11 Å². The number of ether oxygens (including phenoxy) is 2. The monoisotopic (exact) mass is 428 g/mol. The Morgan fingerprint density at radius 1 is 1.27 bits per heavy atom. The van der Waals surface area contributed by atoms with Crippen LogP contribution in [0.3, 0.4) is 0 Å². The van der Waals surface area contributed by atoms with E-state index < -0.39 is 25.3 Å². The Labute approximate surface area is 177 Å². The zero-order chi connectivity index (χ0) is 21.8. The van der Waals surface area contributed by atoms with Gasteiger partial charge in [0, 0.05) is 17.9 Å². The highest BCUT2D eigenvalue weighted by atomic mass is 28.4. The molecular formula is C23H28O6Si. The number of Topliss-reactive ketones (excluding diaryl/α,β-unsaturated/α-hetero) is 1. The average molecular weight is 429 g/mol. The molecule has 0 radical (unpaired) electrons. The Kier molecular flexibility index (Phi) is 3.87. The van der Waals surface area contributed by atoms with E-state index in [1.165, 1.54) is 7.11 Å². The zero-order valence-electron chi connectivity index (χ0n) is 18.4. The van der Waals surface area contributed by atoms with Crippen LogP contribution in [0.5, 0.6) is 0 Å². The van der Waals surface area contributed by atoms with Crippen molar-refractivity contribution < 1.29 is 28.3 Å². The molecule has 6 rings (SSSR count). The molecule has 1 spiro atoms. The van der Waals surface area contributed by atoms with Crippen LogP contribution in [0.25, 0.3) is 0 Å². The van der Waals surface area contributed by atoms with Gasteiger partial charge >= 0.3 is 11.9 Å². The summed E-state index contributed by atoms with van der Waals surface area (Å²) in [5.74, 6) is -1.10. The number of esters is 2. The lowest BCUT2D eigenvalue weighted by Crippen LogP contribution is -2.73. The molecule has 2 saturated heterocycles. The molecule has 2 aliphatic heterocycles. The number of rotatable bonds is 3. The van der Waals surface area contributed by atoms with Crippen LogP contribution in [0.15, 0.2) is 6.07 Å². The fraction of sp³-hybridized carbons (Fsp3) is 0.609. The smallest absolute Gasteiger partial charge is 0.338 e. The molecule has 30 heavy (non-hydrogen) atoms. The molecule has 3 fully saturated rings. The van der Waals surface area contributed by atoms with E-state index in [0.29, 0.717) is 12.0 Å². The van der Waals surface area contributed by atoms with Crippen LogP contribution in [0, 0.1) is 24.2 Å². The summed E-state index contributed by atoms with van der Waals surface area (Å²) in [5, 5.41) is 0. The molecule has 5 unspecified atom stereocenters. The van der Waals surface area contributed by atoms with Gasteiger partial charge in [0.25, 0.3) is 0 Å². The minimum atomic E-state index is -2.17. The van der Waals surface area contributed by atoms with Gasteiger partial charge in [-0.15, -0.1) is 0 Å². The lowest BCUT2D eigenvalue weighted by atomic mass is 9.47. The third kappa shape index (κ3) is 2.10. The van der Waals surface area contributed by atoms with E-state index in [2.05, 4.69) is 19.6 Å². The van der Waals surface area contributed by atoms with Gasteiger partial charge in [-0.3, -0.25) is 9.59 Å². The molecule has 1 saturated carbocycles. The predicted octanol–water partition coefficient (Wildman–Crippen LogP) is 3.54. The molecule has 2 heterocycles. The molecule has 1 aromatic rings. The number of carbonyl (C=O) groups is 3. The number of benzene rings is 1. The van der Waals surface area contributed by atoms with Gasteiger partial charge in [-0.25, -0.2) is 4.79 Å². The number of aryl methyl sites for hydroxylation is 1. The normalized spacial score (nSPS) is 35.9. The lowest BCUT2D eigenvalue weighted by molar-refractivity contribution is -0.264. The topological polar surface area (TPSA) is 78.9 Å². The second-order valence-electron chi connectivity index (χ2n) is 10.4. The maximum atomic E-state index is 13.6. The molecule has 0 amide bonds. The van der Waals surface area contributed by atoms with Crippen LogP contribution in [-0.4, -0.2) is 39.3 Å². The predicted molar refractivity (Wildman–Crippen MR) is 111 cm³/mol. The van der Waals surface area contributed by atoms with Crippen molar-refractivity contribution in [3.05, 3.63) is 33.9 Å². The van der Waals surface area contributed by atoms with E-state index >= 15 is 0 Å². The second kappa shape index (κ2) is 5.82. The Balaban J connectivity index is 1.93. The van der Waals surface area contributed by atoms with Gasteiger partial charge in [0.2, 0.25) is 0 Å². The van der Waals surface area contributed by atoms with Gasteiger partial charge in [-0.2, -0.15) is 0 Å². The first-order valence-corrected chi connectivity index (χ1v) is 14.1. The number of hydrogen-bond donors (Lipinski definition) is 0. The van der Waals surface area contributed by atoms with E-state index in [-0.39, 0.29) is 41.7 Å². The second-order valence-corrected chi connectivity index (χ2v) is 14.8. The van der Waals surface area contributed by atoms with Crippen molar-refractivity contribution in [2.24, 2.45) is 17.3 Å². The van der Waals surface area contributed by atoms with Gasteiger partial charge in [0.15, 0.2) is 14.1 Å². The number of hydrogen-bond acceptors (Lipinski definition) is 6. The molecule has 160 valence electrons. The average Bonchev–Trinajstić information content (AvgIpc) is 2.98. The SMILES string of the molecule is COC(=O)c1cc(C)c2c3c1C(=O)CC14C(=O)OC(CC1C)C(C2)C34O[Si](C)(C)C. The van der Waals surface area contributed by atoms with E-state index in [1.54, 1.807) is 6.07 Å². The summed E-state index contributed by atoms with van der Waals surface area (Å²) < 4.78 is 18.0. The van der Waals surface area contributed by atoms with Crippen LogP contribution in [0.4, 0.5) is 0 Å². The van der Waals surface area contributed by atoms with Crippen molar-refractivity contribution in [1.29, 1.82) is 0 Å². The zero-order valence-corrected chi connectivity index (χ0v) is 19.4. The van der Waals surface area contributed by atoms with Crippen molar-refractivity contribution in [3.63, 3.8) is 0 Å². The Hall–Kier alpha value is -1.99. The van der Waals surface area contributed by atoms with Crippen LogP contribution in [-0.2, 0) is 30.7 Å². The molecule has 3 aliphatic carbocycles. The highest BCUT2D eigenvalue weighted by Gasteiger charge is 2.78. The summed E-state index contributed by atoms with van der Waals surface area (Å²) >= 11 is 0. The summed E-state index contributed by atoms with van der Waals surface area (Å²) in [5.41, 5.74) is 1.49. The third-order valence-corrected chi connectivity index (χ3v) is 8.66. The number of fused-ring (bicyclic) bond motifs is 2. The van der Waals surface area contributed by atoms with Crippen LogP contribution in [0.2, 0.25) is 19.6 Å². The summed E-state index contributed by atoms with van der Waals surface area (Å²) in [6.07, 6.45) is 1.22. The van der Waals surface area contributed by atoms with Crippen molar-refractivity contribution >= 4 is 26.0 Å². The molecular weight excluding hydrogens is 400 g/mol. The number of methoxy groups -OCH3 is 1. The van der Waals surface area contributed by atoms with Gasteiger partial charge in [-0.1, -0.05) is 6.92 Å². The maximum absolute atomic E-state index is 13.6.